The second-order valence-electron chi connectivity index (χ2n) is 7.20. The van der Waals surface area contributed by atoms with Crippen molar-refractivity contribution in [2.45, 2.75) is 39.1 Å². The predicted octanol–water partition coefficient (Wildman–Crippen LogP) is 2.73. The fraction of sp³-hybridized carbons (Fsp3) is 0.333. The average Bonchev–Trinajstić information content (AvgIpc) is 3.34. The zero-order valence-corrected chi connectivity index (χ0v) is 16.8. The molecule has 0 saturated carbocycles. The first-order valence-electron chi connectivity index (χ1n) is 9.59. The number of methoxy groups -OCH3 is 1. The number of benzene rings is 1. The van der Waals surface area contributed by atoms with E-state index in [1.54, 1.807) is 0 Å². The van der Waals surface area contributed by atoms with E-state index < -0.39 is 22.9 Å². The van der Waals surface area contributed by atoms with Crippen molar-refractivity contribution in [3.63, 3.8) is 0 Å². The zero-order valence-electron chi connectivity index (χ0n) is 16.8. The number of aliphatic hydroxyl groups excluding tert-OH is 1. The van der Waals surface area contributed by atoms with Crippen molar-refractivity contribution in [2.24, 2.45) is 0 Å². The zero-order chi connectivity index (χ0) is 21.6. The third-order valence-corrected chi connectivity index (χ3v) is 5.34. The van der Waals surface area contributed by atoms with Gasteiger partial charge in [-0.2, -0.15) is 0 Å². The monoisotopic (exact) mass is 415 g/mol. The Morgan fingerprint density at radius 3 is 2.67 bits per heavy atom. The molecular weight excluding hydrogens is 393 g/mol. The number of anilines is 3. The van der Waals surface area contributed by atoms with Gasteiger partial charge in [-0.05, 0) is 25.5 Å². The molecule has 0 saturated heterocycles. The van der Waals surface area contributed by atoms with Gasteiger partial charge in [0.15, 0.2) is 0 Å². The van der Waals surface area contributed by atoms with E-state index in [0.717, 1.165) is 5.76 Å². The summed E-state index contributed by atoms with van der Waals surface area (Å²) in [4.78, 5) is 24.6. The lowest BCUT2D eigenvalue weighted by molar-refractivity contribution is 0.152. The largest absolute Gasteiger partial charge is 0.494 e. The first kappa shape index (κ1) is 20.1. The Bertz CT molecular complexity index is 1180. The van der Waals surface area contributed by atoms with Gasteiger partial charge < -0.3 is 24.9 Å². The number of aryl methyl sites for hydroxylation is 1. The first-order chi connectivity index (χ1) is 14.3. The number of rotatable bonds is 7. The molecule has 8 nitrogen and oxygen atoms in total. The Morgan fingerprint density at radius 1 is 1.30 bits per heavy atom. The van der Waals surface area contributed by atoms with Crippen LogP contribution in [0.2, 0.25) is 0 Å². The van der Waals surface area contributed by atoms with Crippen LogP contribution in [0, 0.1) is 12.7 Å². The molecular formula is C21H22FN3O5. The van der Waals surface area contributed by atoms with E-state index in [9.17, 15) is 19.1 Å². The molecule has 1 aliphatic heterocycles. The van der Waals surface area contributed by atoms with Crippen LogP contribution in [-0.2, 0) is 6.54 Å². The number of nitrogens with one attached hydrogen (secondary N) is 3. The molecule has 4 N–H and O–H groups in total. The fourth-order valence-electron chi connectivity index (χ4n) is 3.72. The van der Waals surface area contributed by atoms with Crippen molar-refractivity contribution < 1.29 is 18.7 Å². The fourth-order valence-corrected chi connectivity index (χ4v) is 3.72. The van der Waals surface area contributed by atoms with Crippen LogP contribution in [0.3, 0.4) is 0 Å². The maximum absolute atomic E-state index is 14.3. The third kappa shape index (κ3) is 3.16. The smallest absolute Gasteiger partial charge is 0.253 e. The summed E-state index contributed by atoms with van der Waals surface area (Å²) >= 11 is 0. The van der Waals surface area contributed by atoms with E-state index in [2.05, 4.69) is 16.0 Å². The number of aliphatic hydroxyl groups is 1. The molecule has 2 heterocycles. The summed E-state index contributed by atoms with van der Waals surface area (Å²) in [5.74, 6) is 0.969. The lowest BCUT2D eigenvalue weighted by Gasteiger charge is -2.22. The third-order valence-electron chi connectivity index (χ3n) is 5.34. The van der Waals surface area contributed by atoms with Crippen LogP contribution in [-0.4, -0.2) is 12.2 Å². The summed E-state index contributed by atoms with van der Waals surface area (Å²) in [6, 6.07) is 4.50. The van der Waals surface area contributed by atoms with Gasteiger partial charge in [-0.15, -0.1) is 0 Å². The molecule has 0 aliphatic carbocycles. The number of ether oxygens (including phenoxy) is 1. The molecule has 9 heteroatoms. The molecule has 1 aromatic heterocycles. The summed E-state index contributed by atoms with van der Waals surface area (Å²) in [5, 5.41) is 19.0. The van der Waals surface area contributed by atoms with Crippen LogP contribution in [0.15, 0.2) is 32.2 Å². The van der Waals surface area contributed by atoms with Gasteiger partial charge in [-0.1, -0.05) is 6.92 Å². The maximum Gasteiger partial charge on any atom is 0.253 e. The maximum atomic E-state index is 14.3. The minimum Gasteiger partial charge on any atom is -0.494 e. The van der Waals surface area contributed by atoms with E-state index in [1.807, 2.05) is 26.0 Å². The predicted molar refractivity (Wildman–Crippen MR) is 109 cm³/mol. The first-order valence-corrected chi connectivity index (χ1v) is 9.59. The quantitative estimate of drug-likeness (QED) is 0.436. The van der Waals surface area contributed by atoms with Crippen molar-refractivity contribution in [3.8, 4) is 5.75 Å². The highest BCUT2D eigenvalue weighted by Gasteiger charge is 2.32. The molecule has 2 atom stereocenters. The Hall–Kier alpha value is -3.17. The molecule has 0 amide bonds. The summed E-state index contributed by atoms with van der Waals surface area (Å²) in [7, 11) is 1.36. The van der Waals surface area contributed by atoms with Gasteiger partial charge in [0.2, 0.25) is 0 Å². The second-order valence-corrected chi connectivity index (χ2v) is 7.20. The molecule has 0 spiro atoms. The molecule has 1 aliphatic rings. The van der Waals surface area contributed by atoms with Crippen LogP contribution in [0.5, 0.6) is 5.75 Å². The highest BCUT2D eigenvalue weighted by Crippen LogP contribution is 2.41. The van der Waals surface area contributed by atoms with Crippen LogP contribution < -0.4 is 31.5 Å². The highest BCUT2D eigenvalue weighted by atomic mass is 19.1. The molecule has 2 unspecified atom stereocenters. The molecule has 2 aromatic carbocycles. The van der Waals surface area contributed by atoms with Gasteiger partial charge in [0, 0.05) is 23.7 Å². The molecule has 4 rings (SSSR count). The molecule has 30 heavy (non-hydrogen) atoms. The van der Waals surface area contributed by atoms with Crippen molar-refractivity contribution in [1.29, 1.82) is 0 Å². The SMILES string of the molecule is CCC(Nc1c(Nc2c(OC)cc(F)c3c2C(O)NC3)c(=O)c1=O)c1ccc(C)o1. The van der Waals surface area contributed by atoms with Gasteiger partial charge in [-0.25, -0.2) is 4.39 Å². The Kier molecular flexibility index (Phi) is 5.08. The summed E-state index contributed by atoms with van der Waals surface area (Å²) in [6.45, 7) is 3.88. The molecule has 0 bridgehead atoms. The number of fused-ring (bicyclic) bond motifs is 1. The molecule has 0 radical (unpaired) electrons. The number of furan rings is 1. The number of halogens is 1. The molecule has 3 aromatic rings. The summed E-state index contributed by atoms with van der Waals surface area (Å²) < 4.78 is 25.2. The van der Waals surface area contributed by atoms with Crippen LogP contribution >= 0.6 is 0 Å². The lowest BCUT2D eigenvalue weighted by atomic mass is 10.0. The Morgan fingerprint density at radius 2 is 2.03 bits per heavy atom. The van der Waals surface area contributed by atoms with Crippen molar-refractivity contribution in [3.05, 3.63) is 67.1 Å². The molecule has 0 fully saturated rings. The normalized spacial score (nSPS) is 16.5. The lowest BCUT2D eigenvalue weighted by Crippen LogP contribution is -2.37. The Labute approximate surface area is 171 Å². The van der Waals surface area contributed by atoms with E-state index in [4.69, 9.17) is 9.15 Å². The summed E-state index contributed by atoms with van der Waals surface area (Å²) in [5.41, 5.74) is -0.451. The molecule has 158 valence electrons. The van der Waals surface area contributed by atoms with Gasteiger partial charge in [0.25, 0.3) is 10.9 Å². The highest BCUT2D eigenvalue weighted by molar-refractivity contribution is 5.83. The van der Waals surface area contributed by atoms with E-state index in [-0.39, 0.29) is 46.5 Å². The number of hydrogen-bond acceptors (Lipinski definition) is 8. The van der Waals surface area contributed by atoms with Crippen LogP contribution in [0.25, 0.3) is 0 Å². The van der Waals surface area contributed by atoms with Gasteiger partial charge >= 0.3 is 0 Å². The van der Waals surface area contributed by atoms with E-state index in [0.29, 0.717) is 12.2 Å². The topological polar surface area (TPSA) is 113 Å². The van der Waals surface area contributed by atoms with Gasteiger partial charge in [0.1, 0.15) is 40.7 Å². The minimum absolute atomic E-state index is 0.0351. The Balaban J connectivity index is 1.71. The summed E-state index contributed by atoms with van der Waals surface area (Å²) in [6.07, 6.45) is -0.521. The van der Waals surface area contributed by atoms with Crippen LogP contribution in [0.4, 0.5) is 21.5 Å². The minimum atomic E-state index is -1.13. The van der Waals surface area contributed by atoms with Crippen molar-refractivity contribution in [1.82, 2.24) is 5.32 Å². The number of hydrogen-bond donors (Lipinski definition) is 4. The van der Waals surface area contributed by atoms with Crippen molar-refractivity contribution >= 4 is 17.1 Å². The standard InChI is InChI=1S/C21H22FN3O5/c1-4-12(13-6-5-9(2)30-13)24-17-18(20(27)19(17)26)25-16-14(29-3)7-11(22)10-8-23-21(28)15(10)16/h5-7,12,21,23-25,28H,4,8H2,1-3H3. The van der Waals surface area contributed by atoms with E-state index in [1.165, 1.54) is 13.2 Å². The van der Waals surface area contributed by atoms with Gasteiger partial charge in [0.05, 0.1) is 18.8 Å². The second kappa shape index (κ2) is 7.58. The van der Waals surface area contributed by atoms with Crippen molar-refractivity contribution in [2.75, 3.05) is 17.7 Å². The van der Waals surface area contributed by atoms with E-state index >= 15 is 0 Å². The van der Waals surface area contributed by atoms with Crippen LogP contribution in [0.1, 0.15) is 48.3 Å². The average molecular weight is 415 g/mol. The van der Waals surface area contributed by atoms with Gasteiger partial charge in [-0.3, -0.25) is 14.9 Å².